The Hall–Kier alpha value is -2.88. The Morgan fingerprint density at radius 3 is 2.25 bits per heavy atom. The number of aromatic hydroxyl groups is 2. The van der Waals surface area contributed by atoms with Gasteiger partial charge in [-0.1, -0.05) is 24.3 Å². The summed E-state index contributed by atoms with van der Waals surface area (Å²) >= 11 is 0. The maximum atomic E-state index is 10.7. The first-order chi connectivity index (χ1) is 11.6. The molecular weight excluding hydrogens is 304 g/mol. The molecule has 2 aromatic rings. The second-order valence-corrected chi connectivity index (χ2v) is 5.29. The summed E-state index contributed by atoms with van der Waals surface area (Å²) in [4.78, 5) is 0. The Morgan fingerprint density at radius 2 is 1.67 bits per heavy atom. The van der Waals surface area contributed by atoms with Crippen LogP contribution in [0.2, 0.25) is 0 Å². The zero-order valence-corrected chi connectivity index (χ0v) is 14.0. The van der Waals surface area contributed by atoms with Crippen molar-refractivity contribution in [3.63, 3.8) is 0 Å². The molecule has 0 saturated heterocycles. The predicted octanol–water partition coefficient (Wildman–Crippen LogP) is 4.24. The zero-order valence-electron chi connectivity index (χ0n) is 14.0. The Labute approximate surface area is 142 Å². The molecule has 0 saturated carbocycles. The molecule has 24 heavy (non-hydrogen) atoms. The topological polar surface area (TPSA) is 58.9 Å². The minimum Gasteiger partial charge on any atom is -0.504 e. The van der Waals surface area contributed by atoms with Crippen molar-refractivity contribution < 1.29 is 19.7 Å². The molecule has 126 valence electrons. The Bertz CT molecular complexity index is 763. The number of phenols is 2. The van der Waals surface area contributed by atoms with Crippen LogP contribution in [-0.4, -0.2) is 24.4 Å². The van der Waals surface area contributed by atoms with Gasteiger partial charge in [0.05, 0.1) is 14.2 Å². The van der Waals surface area contributed by atoms with Gasteiger partial charge < -0.3 is 19.7 Å². The molecule has 0 aliphatic rings. The summed E-state index contributed by atoms with van der Waals surface area (Å²) in [6, 6.07) is 6.97. The van der Waals surface area contributed by atoms with Gasteiger partial charge in [0.15, 0.2) is 23.0 Å². The number of hydrogen-bond acceptors (Lipinski definition) is 4. The minimum absolute atomic E-state index is 0.0225. The maximum absolute atomic E-state index is 10.7. The van der Waals surface area contributed by atoms with E-state index in [2.05, 4.69) is 13.2 Å². The van der Waals surface area contributed by atoms with E-state index in [1.807, 2.05) is 6.07 Å². The molecule has 0 aromatic heterocycles. The van der Waals surface area contributed by atoms with Crippen molar-refractivity contribution in [2.75, 3.05) is 14.2 Å². The molecule has 0 atom stereocenters. The fourth-order valence-corrected chi connectivity index (χ4v) is 2.78. The fraction of sp³-hybridized carbons (Fsp3) is 0.200. The van der Waals surface area contributed by atoms with Gasteiger partial charge in [0, 0.05) is 16.7 Å². The number of hydrogen-bond donors (Lipinski definition) is 2. The first-order valence-electron chi connectivity index (χ1n) is 7.58. The lowest BCUT2D eigenvalue weighted by Crippen LogP contribution is -2.00. The number of phenolic OH excluding ortho intramolecular Hbond substituents is 2. The van der Waals surface area contributed by atoms with Crippen molar-refractivity contribution in [2.45, 2.75) is 12.8 Å². The van der Waals surface area contributed by atoms with E-state index >= 15 is 0 Å². The summed E-state index contributed by atoms with van der Waals surface area (Å²) < 4.78 is 10.6. The van der Waals surface area contributed by atoms with Gasteiger partial charge in [0.2, 0.25) is 0 Å². The lowest BCUT2D eigenvalue weighted by atomic mass is 9.93. The molecule has 2 aromatic carbocycles. The third-order valence-corrected chi connectivity index (χ3v) is 3.88. The van der Waals surface area contributed by atoms with E-state index in [1.54, 1.807) is 30.4 Å². The van der Waals surface area contributed by atoms with E-state index in [4.69, 9.17) is 9.47 Å². The largest absolute Gasteiger partial charge is 0.504 e. The quantitative estimate of drug-likeness (QED) is 0.747. The highest BCUT2D eigenvalue weighted by atomic mass is 16.5. The van der Waals surface area contributed by atoms with Crippen molar-refractivity contribution in [2.24, 2.45) is 0 Å². The molecule has 0 unspecified atom stereocenters. The number of para-hydroxylation sites is 1. The standard InChI is InChI=1S/C20H22O4/c1-5-8-13-12-16(15-10-7-11-17(23-3)18(15)21)19(22)20(24-4)14(13)9-6-2/h5-7,10-12,21-22H,1-2,8-9H2,3-4H3. The summed E-state index contributed by atoms with van der Waals surface area (Å²) in [7, 11) is 2.99. The monoisotopic (exact) mass is 326 g/mol. The molecule has 0 fully saturated rings. The highest BCUT2D eigenvalue weighted by Crippen LogP contribution is 2.46. The van der Waals surface area contributed by atoms with E-state index in [9.17, 15) is 10.2 Å². The van der Waals surface area contributed by atoms with Crippen LogP contribution in [0.25, 0.3) is 11.1 Å². The lowest BCUT2D eigenvalue weighted by molar-refractivity contribution is 0.368. The molecule has 4 heteroatoms. The molecule has 0 amide bonds. The maximum Gasteiger partial charge on any atom is 0.166 e. The average molecular weight is 326 g/mol. The smallest absolute Gasteiger partial charge is 0.166 e. The minimum atomic E-state index is -0.0293. The number of methoxy groups -OCH3 is 2. The van der Waals surface area contributed by atoms with Crippen LogP contribution in [0, 0.1) is 0 Å². The second kappa shape index (κ2) is 7.59. The molecule has 0 heterocycles. The van der Waals surface area contributed by atoms with Gasteiger partial charge in [-0.2, -0.15) is 0 Å². The number of benzene rings is 2. The third-order valence-electron chi connectivity index (χ3n) is 3.88. The van der Waals surface area contributed by atoms with Crippen molar-refractivity contribution in [3.8, 4) is 34.1 Å². The highest BCUT2D eigenvalue weighted by Gasteiger charge is 2.21. The number of ether oxygens (including phenoxy) is 2. The van der Waals surface area contributed by atoms with Crippen LogP contribution >= 0.6 is 0 Å². The van der Waals surface area contributed by atoms with Gasteiger partial charge in [-0.05, 0) is 30.5 Å². The number of allylic oxidation sites excluding steroid dienone is 2. The molecule has 0 spiro atoms. The van der Waals surface area contributed by atoms with Crippen LogP contribution in [0.1, 0.15) is 11.1 Å². The first-order valence-corrected chi connectivity index (χ1v) is 7.58. The first kappa shape index (κ1) is 17.5. The molecule has 0 bridgehead atoms. The molecule has 2 rings (SSSR count). The summed E-state index contributed by atoms with van der Waals surface area (Å²) in [5.74, 6) is 0.668. The van der Waals surface area contributed by atoms with Gasteiger partial charge in [-0.25, -0.2) is 0 Å². The molecule has 0 aliphatic carbocycles. The van der Waals surface area contributed by atoms with E-state index in [1.165, 1.54) is 14.2 Å². The van der Waals surface area contributed by atoms with Crippen LogP contribution in [0.5, 0.6) is 23.0 Å². The molecule has 0 aliphatic heterocycles. The Kier molecular flexibility index (Phi) is 5.53. The van der Waals surface area contributed by atoms with Crippen molar-refractivity contribution >= 4 is 0 Å². The summed E-state index contributed by atoms with van der Waals surface area (Å²) in [5, 5.41) is 21.1. The van der Waals surface area contributed by atoms with Crippen LogP contribution < -0.4 is 9.47 Å². The molecule has 0 radical (unpaired) electrons. The van der Waals surface area contributed by atoms with Gasteiger partial charge in [-0.3, -0.25) is 0 Å². The van der Waals surface area contributed by atoms with Gasteiger partial charge >= 0.3 is 0 Å². The van der Waals surface area contributed by atoms with E-state index in [0.717, 1.165) is 11.1 Å². The average Bonchev–Trinajstić information content (AvgIpc) is 2.58. The Balaban J connectivity index is 2.78. The van der Waals surface area contributed by atoms with Gasteiger partial charge in [0.25, 0.3) is 0 Å². The zero-order chi connectivity index (χ0) is 17.7. The normalized spacial score (nSPS) is 10.2. The van der Waals surface area contributed by atoms with Crippen LogP contribution in [0.15, 0.2) is 49.6 Å². The fourth-order valence-electron chi connectivity index (χ4n) is 2.78. The highest BCUT2D eigenvalue weighted by molar-refractivity contribution is 5.81. The van der Waals surface area contributed by atoms with Gasteiger partial charge in [-0.15, -0.1) is 13.2 Å². The summed E-state index contributed by atoms with van der Waals surface area (Å²) in [6.45, 7) is 7.54. The SMILES string of the molecule is C=CCc1cc(-c2cccc(OC)c2O)c(O)c(OC)c1CC=C. The summed E-state index contributed by atoms with van der Waals surface area (Å²) in [5.41, 5.74) is 2.77. The van der Waals surface area contributed by atoms with Crippen molar-refractivity contribution in [1.82, 2.24) is 0 Å². The Morgan fingerprint density at radius 1 is 0.958 bits per heavy atom. The second-order valence-electron chi connectivity index (χ2n) is 5.29. The molecule has 4 nitrogen and oxygen atoms in total. The van der Waals surface area contributed by atoms with E-state index in [0.29, 0.717) is 35.5 Å². The van der Waals surface area contributed by atoms with Crippen molar-refractivity contribution in [1.29, 1.82) is 0 Å². The molecule has 2 N–H and O–H groups in total. The van der Waals surface area contributed by atoms with E-state index in [-0.39, 0.29) is 11.5 Å². The summed E-state index contributed by atoms with van der Waals surface area (Å²) in [6.07, 6.45) is 4.71. The van der Waals surface area contributed by atoms with Gasteiger partial charge in [0.1, 0.15) is 0 Å². The van der Waals surface area contributed by atoms with E-state index < -0.39 is 0 Å². The number of rotatable bonds is 7. The molecular formula is C20H22O4. The van der Waals surface area contributed by atoms with Crippen LogP contribution in [-0.2, 0) is 12.8 Å². The van der Waals surface area contributed by atoms with Crippen LogP contribution in [0.3, 0.4) is 0 Å². The van der Waals surface area contributed by atoms with Crippen LogP contribution in [0.4, 0.5) is 0 Å². The third kappa shape index (κ3) is 3.08. The predicted molar refractivity (Wildman–Crippen MR) is 96.1 cm³/mol. The lowest BCUT2D eigenvalue weighted by Gasteiger charge is -2.18. The van der Waals surface area contributed by atoms with Crippen molar-refractivity contribution in [3.05, 3.63) is 60.7 Å².